The summed E-state index contributed by atoms with van der Waals surface area (Å²) in [4.78, 5) is 12.4. The Hall–Kier alpha value is -1.55. The van der Waals surface area contributed by atoms with Crippen molar-refractivity contribution in [1.29, 1.82) is 0 Å². The summed E-state index contributed by atoms with van der Waals surface area (Å²) in [6, 6.07) is 8.32. The summed E-state index contributed by atoms with van der Waals surface area (Å²) >= 11 is 1.72. The van der Waals surface area contributed by atoms with Crippen LogP contribution in [0.3, 0.4) is 0 Å². The Labute approximate surface area is 111 Å². The second-order valence-corrected chi connectivity index (χ2v) is 5.17. The molecule has 0 saturated carbocycles. The number of hydrazone groups is 1. The van der Waals surface area contributed by atoms with Gasteiger partial charge in [-0.3, -0.25) is 4.79 Å². The standard InChI is InChI=1S/C14H16N2OS/c1-10-8-14(17)16-15-13(10)7-6-11-4-3-5-12(9-11)18-2/h3-7,9-10H,8H2,1-2H3,(H,16,17). The number of rotatable bonds is 3. The molecular weight excluding hydrogens is 244 g/mol. The van der Waals surface area contributed by atoms with E-state index in [9.17, 15) is 4.79 Å². The number of nitrogens with one attached hydrogen (secondary N) is 1. The van der Waals surface area contributed by atoms with E-state index in [2.05, 4.69) is 35.0 Å². The molecule has 3 nitrogen and oxygen atoms in total. The predicted molar refractivity (Wildman–Crippen MR) is 76.6 cm³/mol. The normalized spacial score (nSPS) is 19.8. The first-order valence-corrected chi connectivity index (χ1v) is 7.10. The van der Waals surface area contributed by atoms with E-state index in [1.165, 1.54) is 4.90 Å². The van der Waals surface area contributed by atoms with Crippen molar-refractivity contribution in [2.24, 2.45) is 11.0 Å². The predicted octanol–water partition coefficient (Wildman–Crippen LogP) is 2.93. The first-order valence-electron chi connectivity index (χ1n) is 5.87. The minimum absolute atomic E-state index is 0.0102. The molecule has 0 aromatic heterocycles. The number of carbonyl (C=O) groups is 1. The molecule has 0 bridgehead atoms. The summed E-state index contributed by atoms with van der Waals surface area (Å²) in [5, 5.41) is 4.07. The van der Waals surface area contributed by atoms with Gasteiger partial charge in [0, 0.05) is 17.2 Å². The lowest BCUT2D eigenvalue weighted by Gasteiger charge is -2.16. The maximum Gasteiger partial charge on any atom is 0.240 e. The van der Waals surface area contributed by atoms with Crippen LogP contribution in [0.5, 0.6) is 0 Å². The first kappa shape index (κ1) is 12.9. The number of thioether (sulfide) groups is 1. The number of carbonyl (C=O) groups excluding carboxylic acids is 1. The van der Waals surface area contributed by atoms with Crippen molar-refractivity contribution >= 4 is 29.5 Å². The summed E-state index contributed by atoms with van der Waals surface area (Å²) in [6.07, 6.45) is 6.58. The van der Waals surface area contributed by atoms with Gasteiger partial charge >= 0.3 is 0 Å². The molecule has 1 aromatic rings. The summed E-state index contributed by atoms with van der Waals surface area (Å²) in [6.45, 7) is 2.01. The van der Waals surface area contributed by atoms with Gasteiger partial charge in [0.05, 0.1) is 5.71 Å². The van der Waals surface area contributed by atoms with Crippen LogP contribution in [0.25, 0.3) is 6.08 Å². The smallest absolute Gasteiger partial charge is 0.240 e. The van der Waals surface area contributed by atoms with Crippen LogP contribution < -0.4 is 5.43 Å². The third-order valence-electron chi connectivity index (χ3n) is 2.85. The van der Waals surface area contributed by atoms with Gasteiger partial charge in [-0.1, -0.05) is 25.1 Å². The summed E-state index contributed by atoms with van der Waals surface area (Å²) < 4.78 is 0. The molecule has 1 aliphatic rings. The molecule has 94 valence electrons. The quantitative estimate of drug-likeness (QED) is 0.849. The Bertz CT molecular complexity index is 508. The van der Waals surface area contributed by atoms with Crippen LogP contribution >= 0.6 is 11.8 Å². The third-order valence-corrected chi connectivity index (χ3v) is 3.57. The van der Waals surface area contributed by atoms with Crippen molar-refractivity contribution in [3.63, 3.8) is 0 Å². The van der Waals surface area contributed by atoms with E-state index >= 15 is 0 Å². The minimum Gasteiger partial charge on any atom is -0.273 e. The zero-order valence-electron chi connectivity index (χ0n) is 10.5. The SMILES string of the molecule is CSc1cccc(C=CC2=NNC(=O)CC2C)c1. The molecule has 1 aliphatic heterocycles. The van der Waals surface area contributed by atoms with Crippen LogP contribution in [-0.4, -0.2) is 17.9 Å². The van der Waals surface area contributed by atoms with Crippen LogP contribution in [0, 0.1) is 5.92 Å². The van der Waals surface area contributed by atoms with Gasteiger partial charge in [-0.05, 0) is 30.0 Å². The molecule has 1 N–H and O–H groups in total. The lowest BCUT2D eigenvalue weighted by atomic mass is 9.99. The van der Waals surface area contributed by atoms with E-state index in [4.69, 9.17) is 0 Å². The van der Waals surface area contributed by atoms with E-state index in [1.807, 2.05) is 25.1 Å². The number of hydrogen-bond acceptors (Lipinski definition) is 3. The Balaban J connectivity index is 2.13. The van der Waals surface area contributed by atoms with Crippen LogP contribution in [0.2, 0.25) is 0 Å². The van der Waals surface area contributed by atoms with Gasteiger partial charge in [-0.2, -0.15) is 5.10 Å². The summed E-state index contributed by atoms with van der Waals surface area (Å²) in [7, 11) is 0. The molecule has 0 fully saturated rings. The maximum atomic E-state index is 11.1. The lowest BCUT2D eigenvalue weighted by molar-refractivity contribution is -0.121. The zero-order chi connectivity index (χ0) is 13.0. The minimum atomic E-state index is -0.0102. The van der Waals surface area contributed by atoms with E-state index in [0.29, 0.717) is 6.42 Å². The fourth-order valence-electron chi connectivity index (χ4n) is 1.79. The average Bonchev–Trinajstić information content (AvgIpc) is 2.38. The van der Waals surface area contributed by atoms with Gasteiger partial charge in [0.2, 0.25) is 5.91 Å². The molecular formula is C14H16N2OS. The van der Waals surface area contributed by atoms with Gasteiger partial charge < -0.3 is 0 Å². The highest BCUT2D eigenvalue weighted by Crippen LogP contribution is 2.17. The van der Waals surface area contributed by atoms with Crippen molar-refractivity contribution < 1.29 is 4.79 Å². The molecule has 0 radical (unpaired) electrons. The molecule has 1 heterocycles. The molecule has 2 rings (SSSR count). The first-order chi connectivity index (χ1) is 8.69. The van der Waals surface area contributed by atoms with Crippen LogP contribution in [0.15, 0.2) is 40.3 Å². The summed E-state index contributed by atoms with van der Waals surface area (Å²) in [5.41, 5.74) is 4.58. The van der Waals surface area contributed by atoms with Crippen LogP contribution in [0.4, 0.5) is 0 Å². The molecule has 4 heteroatoms. The number of allylic oxidation sites excluding steroid dienone is 1. The van der Waals surface area contributed by atoms with Crippen molar-refractivity contribution in [3.05, 3.63) is 35.9 Å². The molecule has 18 heavy (non-hydrogen) atoms. The highest BCUT2D eigenvalue weighted by Gasteiger charge is 2.17. The fraction of sp³-hybridized carbons (Fsp3) is 0.286. The number of hydrogen-bond donors (Lipinski definition) is 1. The Morgan fingerprint density at radius 2 is 2.28 bits per heavy atom. The Morgan fingerprint density at radius 3 is 3.00 bits per heavy atom. The summed E-state index contributed by atoms with van der Waals surface area (Å²) in [5.74, 6) is 0.169. The highest BCUT2D eigenvalue weighted by atomic mass is 32.2. The monoisotopic (exact) mass is 260 g/mol. The Morgan fingerprint density at radius 1 is 1.44 bits per heavy atom. The van der Waals surface area contributed by atoms with Gasteiger partial charge in [0.1, 0.15) is 0 Å². The van der Waals surface area contributed by atoms with E-state index in [0.717, 1.165) is 11.3 Å². The second kappa shape index (κ2) is 5.87. The van der Waals surface area contributed by atoms with E-state index in [1.54, 1.807) is 11.8 Å². The highest BCUT2D eigenvalue weighted by molar-refractivity contribution is 7.98. The van der Waals surface area contributed by atoms with Crippen molar-refractivity contribution in [1.82, 2.24) is 5.43 Å². The second-order valence-electron chi connectivity index (χ2n) is 4.29. The largest absolute Gasteiger partial charge is 0.273 e. The molecule has 1 atom stereocenters. The number of nitrogens with zero attached hydrogens (tertiary/aromatic N) is 1. The Kier molecular flexibility index (Phi) is 4.20. The van der Waals surface area contributed by atoms with Crippen LogP contribution in [-0.2, 0) is 4.79 Å². The molecule has 1 unspecified atom stereocenters. The number of amides is 1. The van der Waals surface area contributed by atoms with Gasteiger partial charge in [-0.25, -0.2) is 5.43 Å². The molecule has 0 saturated heterocycles. The molecule has 1 amide bonds. The van der Waals surface area contributed by atoms with E-state index < -0.39 is 0 Å². The molecule has 1 aromatic carbocycles. The van der Waals surface area contributed by atoms with E-state index in [-0.39, 0.29) is 11.8 Å². The van der Waals surface area contributed by atoms with Crippen molar-refractivity contribution in [2.45, 2.75) is 18.2 Å². The van der Waals surface area contributed by atoms with Gasteiger partial charge in [-0.15, -0.1) is 11.8 Å². The molecule has 0 aliphatic carbocycles. The van der Waals surface area contributed by atoms with Crippen molar-refractivity contribution in [2.75, 3.05) is 6.26 Å². The zero-order valence-corrected chi connectivity index (χ0v) is 11.3. The van der Waals surface area contributed by atoms with Crippen LogP contribution in [0.1, 0.15) is 18.9 Å². The van der Waals surface area contributed by atoms with Gasteiger partial charge in [0.15, 0.2) is 0 Å². The topological polar surface area (TPSA) is 41.5 Å². The van der Waals surface area contributed by atoms with Crippen molar-refractivity contribution in [3.8, 4) is 0 Å². The third kappa shape index (κ3) is 3.23. The average molecular weight is 260 g/mol. The lowest BCUT2D eigenvalue weighted by Crippen LogP contribution is -2.30. The fourth-order valence-corrected chi connectivity index (χ4v) is 2.26. The maximum absolute atomic E-state index is 11.1. The molecule has 0 spiro atoms. The van der Waals surface area contributed by atoms with Gasteiger partial charge in [0.25, 0.3) is 0 Å². The number of benzene rings is 1.